The number of nitrogens with zero attached hydrogens (tertiary/aromatic N) is 2. The Balaban J connectivity index is 2.39. The topological polar surface area (TPSA) is 17.8 Å². The number of aryl methyl sites for hydroxylation is 1. The van der Waals surface area contributed by atoms with Gasteiger partial charge in [-0.1, -0.05) is 13.8 Å². The fourth-order valence-corrected chi connectivity index (χ4v) is 3.22. The van der Waals surface area contributed by atoms with Gasteiger partial charge in [0, 0.05) is 21.9 Å². The lowest BCUT2D eigenvalue weighted by Gasteiger charge is -2.18. The van der Waals surface area contributed by atoms with Crippen LogP contribution < -0.4 is 0 Å². The number of aromatic nitrogens is 2. The first-order valence-corrected chi connectivity index (χ1v) is 8.86. The van der Waals surface area contributed by atoms with Crippen molar-refractivity contribution in [2.24, 2.45) is 5.92 Å². The lowest BCUT2D eigenvalue weighted by molar-refractivity contribution is 0.438. The van der Waals surface area contributed by atoms with Gasteiger partial charge in [-0.25, -0.2) is 4.98 Å². The molecule has 0 amide bonds. The number of rotatable bonds is 6. The fraction of sp³-hybridized carbons (Fsp3) is 0.562. The summed E-state index contributed by atoms with van der Waals surface area (Å²) in [5.41, 5.74) is 2.33. The van der Waals surface area contributed by atoms with Crippen LogP contribution in [0.15, 0.2) is 18.2 Å². The molecule has 0 fully saturated rings. The molecule has 1 aromatic heterocycles. The molecule has 1 unspecified atom stereocenters. The summed E-state index contributed by atoms with van der Waals surface area (Å²) in [5.74, 6) is 2.48. The SMILES string of the molecule is CC(C)CCC(C)n1c(CCCl)nc2cc(I)ccc21. The average Bonchev–Trinajstić information content (AvgIpc) is 2.73. The van der Waals surface area contributed by atoms with Gasteiger partial charge in [-0.05, 0) is 66.5 Å². The maximum absolute atomic E-state index is 5.94. The van der Waals surface area contributed by atoms with E-state index in [4.69, 9.17) is 16.6 Å². The van der Waals surface area contributed by atoms with E-state index in [0.29, 0.717) is 11.9 Å². The fourth-order valence-electron chi connectivity index (χ4n) is 2.58. The summed E-state index contributed by atoms with van der Waals surface area (Å²) in [6.45, 7) is 6.85. The van der Waals surface area contributed by atoms with Gasteiger partial charge in [0.15, 0.2) is 0 Å². The second kappa shape index (κ2) is 7.12. The van der Waals surface area contributed by atoms with E-state index < -0.39 is 0 Å². The van der Waals surface area contributed by atoms with Crippen LogP contribution in [0.5, 0.6) is 0 Å². The second-order valence-electron chi connectivity index (χ2n) is 5.79. The molecule has 1 aromatic carbocycles. The molecule has 4 heteroatoms. The van der Waals surface area contributed by atoms with Crippen LogP contribution >= 0.6 is 34.2 Å². The smallest absolute Gasteiger partial charge is 0.111 e. The highest BCUT2D eigenvalue weighted by Gasteiger charge is 2.16. The highest BCUT2D eigenvalue weighted by Crippen LogP contribution is 2.26. The standard InChI is InChI=1S/C16H22ClIN2/c1-11(2)4-5-12(3)20-15-7-6-13(18)10-14(15)19-16(20)8-9-17/h6-7,10-12H,4-5,8-9H2,1-3H3. The first kappa shape index (κ1) is 16.1. The van der Waals surface area contributed by atoms with Crippen molar-refractivity contribution in [1.82, 2.24) is 9.55 Å². The Bertz CT molecular complexity index is 577. The van der Waals surface area contributed by atoms with Crippen LogP contribution in [0.2, 0.25) is 0 Å². The van der Waals surface area contributed by atoms with Gasteiger partial charge in [0.25, 0.3) is 0 Å². The van der Waals surface area contributed by atoms with E-state index in [-0.39, 0.29) is 0 Å². The normalized spacial score (nSPS) is 13.3. The summed E-state index contributed by atoms with van der Waals surface area (Å²) >= 11 is 8.28. The summed E-state index contributed by atoms with van der Waals surface area (Å²) in [4.78, 5) is 4.79. The van der Waals surface area contributed by atoms with Crippen LogP contribution in [0, 0.1) is 9.49 Å². The summed E-state index contributed by atoms with van der Waals surface area (Å²) in [6.07, 6.45) is 3.26. The monoisotopic (exact) mass is 404 g/mol. The molecule has 2 nitrogen and oxygen atoms in total. The van der Waals surface area contributed by atoms with Crippen molar-refractivity contribution in [3.63, 3.8) is 0 Å². The Morgan fingerprint density at radius 2 is 2.00 bits per heavy atom. The third-order valence-electron chi connectivity index (χ3n) is 3.65. The molecule has 0 N–H and O–H groups in total. The maximum atomic E-state index is 5.94. The molecule has 0 spiro atoms. The summed E-state index contributed by atoms with van der Waals surface area (Å²) in [7, 11) is 0. The van der Waals surface area contributed by atoms with Gasteiger partial charge in [0.1, 0.15) is 5.82 Å². The van der Waals surface area contributed by atoms with Gasteiger partial charge in [-0.3, -0.25) is 0 Å². The highest BCUT2D eigenvalue weighted by molar-refractivity contribution is 14.1. The molecule has 20 heavy (non-hydrogen) atoms. The molecule has 0 aliphatic carbocycles. The highest BCUT2D eigenvalue weighted by atomic mass is 127. The Kier molecular flexibility index (Phi) is 5.73. The second-order valence-corrected chi connectivity index (χ2v) is 7.41. The van der Waals surface area contributed by atoms with Crippen molar-refractivity contribution in [3.8, 4) is 0 Å². The number of alkyl halides is 1. The number of halogens is 2. The Labute approximate surface area is 140 Å². The Hall–Kier alpha value is -0.290. The van der Waals surface area contributed by atoms with Gasteiger partial charge in [-0.2, -0.15) is 0 Å². The van der Waals surface area contributed by atoms with Crippen LogP contribution in [0.4, 0.5) is 0 Å². The van der Waals surface area contributed by atoms with Crippen molar-refractivity contribution in [2.75, 3.05) is 5.88 Å². The molecule has 0 aliphatic rings. The third kappa shape index (κ3) is 3.67. The number of hydrogen-bond acceptors (Lipinski definition) is 1. The van der Waals surface area contributed by atoms with Crippen LogP contribution in [0.25, 0.3) is 11.0 Å². The first-order valence-electron chi connectivity index (χ1n) is 7.25. The van der Waals surface area contributed by atoms with Crippen molar-refractivity contribution in [2.45, 2.75) is 46.1 Å². The zero-order chi connectivity index (χ0) is 14.7. The van der Waals surface area contributed by atoms with E-state index in [0.717, 1.165) is 23.7 Å². The van der Waals surface area contributed by atoms with Gasteiger partial charge in [0.05, 0.1) is 11.0 Å². The van der Waals surface area contributed by atoms with Crippen molar-refractivity contribution in [1.29, 1.82) is 0 Å². The predicted molar refractivity (Wildman–Crippen MR) is 95.7 cm³/mol. The molecule has 0 aliphatic heterocycles. The molecule has 1 atom stereocenters. The lowest BCUT2D eigenvalue weighted by Crippen LogP contribution is -2.11. The quantitative estimate of drug-likeness (QED) is 0.464. The lowest BCUT2D eigenvalue weighted by atomic mass is 10.0. The number of benzene rings is 1. The van der Waals surface area contributed by atoms with Crippen LogP contribution in [-0.2, 0) is 6.42 Å². The summed E-state index contributed by atoms with van der Waals surface area (Å²) in [5, 5.41) is 0. The molecule has 2 rings (SSSR count). The first-order chi connectivity index (χ1) is 9.52. The Morgan fingerprint density at radius 1 is 1.25 bits per heavy atom. The molecular formula is C16H22ClIN2. The van der Waals surface area contributed by atoms with Crippen molar-refractivity contribution < 1.29 is 0 Å². The van der Waals surface area contributed by atoms with Crippen LogP contribution in [-0.4, -0.2) is 15.4 Å². The van der Waals surface area contributed by atoms with E-state index in [9.17, 15) is 0 Å². The van der Waals surface area contributed by atoms with E-state index in [1.54, 1.807) is 0 Å². The molecule has 0 saturated heterocycles. The van der Waals surface area contributed by atoms with Gasteiger partial charge in [0.2, 0.25) is 0 Å². The van der Waals surface area contributed by atoms with Gasteiger partial charge < -0.3 is 4.57 Å². The van der Waals surface area contributed by atoms with Crippen molar-refractivity contribution in [3.05, 3.63) is 27.6 Å². The minimum absolute atomic E-state index is 0.473. The van der Waals surface area contributed by atoms with E-state index in [1.165, 1.54) is 21.9 Å². The van der Waals surface area contributed by atoms with Crippen LogP contribution in [0.3, 0.4) is 0 Å². The van der Waals surface area contributed by atoms with Gasteiger partial charge >= 0.3 is 0 Å². The number of hydrogen-bond donors (Lipinski definition) is 0. The molecule has 0 bridgehead atoms. The zero-order valence-corrected chi connectivity index (χ0v) is 15.3. The van der Waals surface area contributed by atoms with E-state index >= 15 is 0 Å². The predicted octanol–water partition coefficient (Wildman–Crippen LogP) is 5.42. The molecule has 1 heterocycles. The molecule has 2 aromatic rings. The van der Waals surface area contributed by atoms with Gasteiger partial charge in [-0.15, -0.1) is 11.6 Å². The summed E-state index contributed by atoms with van der Waals surface area (Å²) in [6, 6.07) is 6.97. The third-order valence-corrected chi connectivity index (χ3v) is 4.51. The largest absolute Gasteiger partial charge is 0.325 e. The Morgan fingerprint density at radius 3 is 2.65 bits per heavy atom. The average molecular weight is 405 g/mol. The summed E-state index contributed by atoms with van der Waals surface area (Å²) < 4.78 is 3.61. The number of fused-ring (bicyclic) bond motifs is 1. The van der Waals surface area contributed by atoms with E-state index in [2.05, 4.69) is 66.1 Å². The number of imidazole rings is 1. The molecular weight excluding hydrogens is 383 g/mol. The molecule has 110 valence electrons. The molecule has 0 radical (unpaired) electrons. The van der Waals surface area contributed by atoms with Crippen molar-refractivity contribution >= 4 is 45.2 Å². The van der Waals surface area contributed by atoms with Crippen LogP contribution in [0.1, 0.15) is 45.5 Å². The molecule has 0 saturated carbocycles. The van der Waals surface area contributed by atoms with E-state index in [1.807, 2.05) is 0 Å². The zero-order valence-electron chi connectivity index (χ0n) is 12.4. The maximum Gasteiger partial charge on any atom is 0.111 e. The minimum Gasteiger partial charge on any atom is -0.325 e. The minimum atomic E-state index is 0.473.